The van der Waals surface area contributed by atoms with Gasteiger partial charge < -0.3 is 23.9 Å². The molecule has 218 valence electrons. The van der Waals surface area contributed by atoms with E-state index in [0.29, 0.717) is 19.8 Å². The lowest BCUT2D eigenvalue weighted by Crippen LogP contribution is -2.46. The van der Waals surface area contributed by atoms with E-state index in [1.54, 1.807) is 0 Å². The molecule has 6 heteroatoms. The summed E-state index contributed by atoms with van der Waals surface area (Å²) in [5.41, 5.74) is 0. The van der Waals surface area contributed by atoms with Crippen molar-refractivity contribution in [3.63, 3.8) is 0 Å². The molecule has 0 aliphatic rings. The molecule has 0 aromatic carbocycles. The van der Waals surface area contributed by atoms with Crippen LogP contribution in [0, 0.1) is 0 Å². The summed E-state index contributed by atoms with van der Waals surface area (Å²) in [5, 5.41) is 7.11. The summed E-state index contributed by atoms with van der Waals surface area (Å²) in [7, 11) is -2.47. The van der Waals surface area contributed by atoms with E-state index in [9.17, 15) is 0 Å². The zero-order chi connectivity index (χ0) is 26.4. The highest BCUT2D eigenvalue weighted by Crippen LogP contribution is 2.18. The third-order valence-corrected chi connectivity index (χ3v) is 10.0. The van der Waals surface area contributed by atoms with E-state index in [1.807, 2.05) is 20.8 Å². The highest BCUT2D eigenvalue weighted by Gasteiger charge is 2.39. The maximum atomic E-state index is 5.92. The van der Waals surface area contributed by atoms with Gasteiger partial charge in [-0.05, 0) is 46.7 Å². The lowest BCUT2D eigenvalue weighted by atomic mass is 10.0. The first-order chi connectivity index (χ1) is 17.7. The van der Waals surface area contributed by atoms with Crippen molar-refractivity contribution in [1.29, 1.82) is 0 Å². The molecular weight excluding hydrogens is 464 g/mol. The van der Waals surface area contributed by atoms with Gasteiger partial charge in [0.25, 0.3) is 0 Å². The monoisotopic (exact) mass is 530 g/mol. The molecule has 0 spiro atoms. The number of nitrogens with one attached hydrogen (secondary N) is 2. The van der Waals surface area contributed by atoms with Gasteiger partial charge in [-0.3, -0.25) is 0 Å². The first-order valence-electron chi connectivity index (χ1n) is 16.1. The summed E-state index contributed by atoms with van der Waals surface area (Å²) in [5.74, 6) is 0. The van der Waals surface area contributed by atoms with Crippen LogP contribution < -0.4 is 10.6 Å². The molecule has 0 saturated heterocycles. The summed E-state index contributed by atoms with van der Waals surface area (Å²) in [6, 6.07) is 0.891. The largest absolute Gasteiger partial charge is 0.500 e. The zero-order valence-corrected chi connectivity index (χ0v) is 26.1. The Balaban J connectivity index is 3.30. The standard InChI is InChI=1S/C30H66N2O3Si/c1-5-9-10-11-12-13-14-15-16-17-18-19-20-21-22-23-24-26-31-28-29-32-27-25-30-36(33-6-2,34-7-3)35-8-4/h31-32H,5-30H2,1-4H3. The highest BCUT2D eigenvalue weighted by atomic mass is 28.4. The van der Waals surface area contributed by atoms with Crippen molar-refractivity contribution >= 4 is 8.80 Å². The zero-order valence-electron chi connectivity index (χ0n) is 25.1. The van der Waals surface area contributed by atoms with Gasteiger partial charge in [0.2, 0.25) is 0 Å². The Morgan fingerprint density at radius 3 is 1.08 bits per heavy atom. The third kappa shape index (κ3) is 24.4. The molecular formula is C30H66N2O3Si. The second kappa shape index (κ2) is 29.6. The van der Waals surface area contributed by atoms with E-state index in [4.69, 9.17) is 13.3 Å². The normalized spacial score (nSPS) is 12.0. The van der Waals surface area contributed by atoms with Crippen molar-refractivity contribution in [3.8, 4) is 0 Å². The molecule has 0 unspecified atom stereocenters. The molecule has 0 heterocycles. The van der Waals surface area contributed by atoms with Crippen LogP contribution in [-0.2, 0) is 13.3 Å². The maximum Gasteiger partial charge on any atom is 0.500 e. The maximum absolute atomic E-state index is 5.92. The van der Waals surface area contributed by atoms with Crippen molar-refractivity contribution in [3.05, 3.63) is 0 Å². The Hall–Kier alpha value is 0.0169. The van der Waals surface area contributed by atoms with Crippen molar-refractivity contribution in [2.45, 2.75) is 149 Å². The van der Waals surface area contributed by atoms with Gasteiger partial charge in [0.1, 0.15) is 0 Å². The Labute approximate surface area is 228 Å². The second-order valence-corrected chi connectivity index (χ2v) is 13.0. The average Bonchev–Trinajstić information content (AvgIpc) is 2.87. The third-order valence-electron chi connectivity index (χ3n) is 6.86. The van der Waals surface area contributed by atoms with Crippen molar-refractivity contribution in [2.24, 2.45) is 0 Å². The Kier molecular flexibility index (Phi) is 29.6. The Bertz CT molecular complexity index is 399. The van der Waals surface area contributed by atoms with Crippen LogP contribution in [0.4, 0.5) is 0 Å². The molecule has 0 saturated carbocycles. The van der Waals surface area contributed by atoms with E-state index >= 15 is 0 Å². The lowest BCUT2D eigenvalue weighted by Gasteiger charge is -2.28. The van der Waals surface area contributed by atoms with E-state index in [-0.39, 0.29) is 0 Å². The van der Waals surface area contributed by atoms with Gasteiger partial charge in [0.05, 0.1) is 0 Å². The average molecular weight is 531 g/mol. The van der Waals surface area contributed by atoms with E-state index in [0.717, 1.165) is 38.6 Å². The summed E-state index contributed by atoms with van der Waals surface area (Å²) in [6.45, 7) is 14.5. The molecule has 0 aromatic heterocycles. The van der Waals surface area contributed by atoms with Crippen LogP contribution in [0.25, 0.3) is 0 Å². The van der Waals surface area contributed by atoms with Gasteiger partial charge >= 0.3 is 8.80 Å². The van der Waals surface area contributed by atoms with Crippen LogP contribution in [0.2, 0.25) is 6.04 Å². The molecule has 0 radical (unpaired) electrons. The fourth-order valence-electron chi connectivity index (χ4n) is 4.83. The van der Waals surface area contributed by atoms with Crippen LogP contribution in [0.1, 0.15) is 143 Å². The summed E-state index contributed by atoms with van der Waals surface area (Å²) < 4.78 is 17.8. The molecule has 0 fully saturated rings. The van der Waals surface area contributed by atoms with E-state index < -0.39 is 8.80 Å². The summed E-state index contributed by atoms with van der Waals surface area (Å²) in [4.78, 5) is 0. The molecule has 0 atom stereocenters. The van der Waals surface area contributed by atoms with Gasteiger partial charge in [-0.15, -0.1) is 0 Å². The van der Waals surface area contributed by atoms with Crippen molar-refractivity contribution in [2.75, 3.05) is 46.0 Å². The van der Waals surface area contributed by atoms with Crippen LogP contribution in [0.3, 0.4) is 0 Å². The topological polar surface area (TPSA) is 51.8 Å². The SMILES string of the molecule is CCCCCCCCCCCCCCCCCCCNCCNCCC[Si](OCC)(OCC)OCC. The minimum Gasteiger partial charge on any atom is -0.374 e. The minimum atomic E-state index is -2.47. The fraction of sp³-hybridized carbons (Fsp3) is 1.00. The van der Waals surface area contributed by atoms with Gasteiger partial charge in [-0.25, -0.2) is 0 Å². The second-order valence-electron chi connectivity index (χ2n) is 10.2. The molecule has 0 rings (SSSR count). The van der Waals surface area contributed by atoms with Crippen LogP contribution in [-0.4, -0.2) is 54.8 Å². The van der Waals surface area contributed by atoms with Gasteiger partial charge in [0.15, 0.2) is 0 Å². The predicted molar refractivity (Wildman–Crippen MR) is 160 cm³/mol. The van der Waals surface area contributed by atoms with Crippen LogP contribution in [0.5, 0.6) is 0 Å². The van der Waals surface area contributed by atoms with Crippen LogP contribution >= 0.6 is 0 Å². The number of hydrogen-bond donors (Lipinski definition) is 2. The Morgan fingerprint density at radius 2 is 0.722 bits per heavy atom. The van der Waals surface area contributed by atoms with Crippen LogP contribution in [0.15, 0.2) is 0 Å². The molecule has 0 bridgehead atoms. The lowest BCUT2D eigenvalue weighted by molar-refractivity contribution is 0.0708. The molecule has 5 nitrogen and oxygen atoms in total. The Morgan fingerprint density at radius 1 is 0.389 bits per heavy atom. The highest BCUT2D eigenvalue weighted by molar-refractivity contribution is 6.60. The quantitative estimate of drug-likeness (QED) is 0.0698. The van der Waals surface area contributed by atoms with Crippen molar-refractivity contribution < 1.29 is 13.3 Å². The number of unbranched alkanes of at least 4 members (excludes halogenated alkanes) is 16. The van der Waals surface area contributed by atoms with Crippen molar-refractivity contribution in [1.82, 2.24) is 10.6 Å². The van der Waals surface area contributed by atoms with E-state index in [1.165, 1.54) is 109 Å². The molecule has 0 amide bonds. The van der Waals surface area contributed by atoms with Gasteiger partial charge in [-0.1, -0.05) is 110 Å². The molecule has 0 aliphatic heterocycles. The first kappa shape index (κ1) is 36.0. The smallest absolute Gasteiger partial charge is 0.374 e. The fourth-order valence-corrected chi connectivity index (χ4v) is 7.45. The summed E-state index contributed by atoms with van der Waals surface area (Å²) in [6.07, 6.45) is 25.4. The first-order valence-corrected chi connectivity index (χ1v) is 18.0. The minimum absolute atomic E-state index is 0.656. The van der Waals surface area contributed by atoms with Gasteiger partial charge in [-0.2, -0.15) is 0 Å². The molecule has 0 aromatic rings. The number of rotatable bonds is 31. The predicted octanol–water partition coefficient (Wildman–Crippen LogP) is 8.26. The molecule has 0 aliphatic carbocycles. The summed E-state index contributed by atoms with van der Waals surface area (Å²) >= 11 is 0. The number of hydrogen-bond acceptors (Lipinski definition) is 5. The van der Waals surface area contributed by atoms with Gasteiger partial charge in [0, 0.05) is 39.0 Å². The molecule has 2 N–H and O–H groups in total. The molecule has 36 heavy (non-hydrogen) atoms. The van der Waals surface area contributed by atoms with E-state index in [2.05, 4.69) is 17.6 Å².